The van der Waals surface area contributed by atoms with Gasteiger partial charge in [-0.1, -0.05) is 6.42 Å². The molecule has 2 unspecified atom stereocenters. The lowest BCUT2D eigenvalue weighted by molar-refractivity contribution is 0.472. The number of nitrogen functional groups attached to an aromatic ring is 1. The van der Waals surface area contributed by atoms with Gasteiger partial charge in [0.15, 0.2) is 0 Å². The molecule has 1 aromatic heterocycles. The zero-order valence-corrected chi connectivity index (χ0v) is 12.4. The molecule has 2 rings (SSSR count). The van der Waals surface area contributed by atoms with Crippen molar-refractivity contribution in [3.63, 3.8) is 0 Å². The lowest BCUT2D eigenvalue weighted by Gasteiger charge is -2.29. The zero-order valence-electron chi connectivity index (χ0n) is 9.95. The molecule has 0 aliphatic heterocycles. The van der Waals surface area contributed by atoms with E-state index < -0.39 is 0 Å². The van der Waals surface area contributed by atoms with Crippen LogP contribution in [0.3, 0.4) is 0 Å². The molecule has 3 nitrogen and oxygen atoms in total. The molecule has 5 heteroatoms. The summed E-state index contributed by atoms with van der Waals surface area (Å²) in [5.41, 5.74) is 6.37. The van der Waals surface area contributed by atoms with Crippen molar-refractivity contribution in [3.05, 3.63) is 16.7 Å². The predicted molar refractivity (Wildman–Crippen MR) is 79.5 cm³/mol. The Hall–Kier alpha value is -0.420. The predicted octanol–water partition coefficient (Wildman–Crippen LogP) is 3.51. The Morgan fingerprint density at radius 3 is 3.06 bits per heavy atom. The summed E-state index contributed by atoms with van der Waals surface area (Å²) in [6.07, 6.45) is 8.99. The minimum Gasteiger partial charge on any atom is -0.397 e. The minimum absolute atomic E-state index is 0.536. The molecule has 0 spiro atoms. The SMILES string of the molecule is CSC1CCCC(Nc2ncc(N)cc2Br)C1. The number of rotatable bonds is 3. The second kappa shape index (κ2) is 5.96. The Kier molecular flexibility index (Phi) is 4.56. The van der Waals surface area contributed by atoms with E-state index in [1.807, 2.05) is 17.8 Å². The number of nitrogens with two attached hydrogens (primary N) is 1. The second-order valence-corrected chi connectivity index (χ2v) is 6.46. The third-order valence-electron chi connectivity index (χ3n) is 3.16. The van der Waals surface area contributed by atoms with Crippen LogP contribution in [0.15, 0.2) is 16.7 Å². The fourth-order valence-electron chi connectivity index (χ4n) is 2.24. The summed E-state index contributed by atoms with van der Waals surface area (Å²) < 4.78 is 0.948. The van der Waals surface area contributed by atoms with Gasteiger partial charge >= 0.3 is 0 Å². The lowest BCUT2D eigenvalue weighted by atomic mass is 9.95. The first kappa shape index (κ1) is 13.0. The number of anilines is 2. The van der Waals surface area contributed by atoms with Gasteiger partial charge in [-0.25, -0.2) is 4.98 Å². The molecule has 0 amide bonds. The molecule has 1 heterocycles. The van der Waals surface area contributed by atoms with E-state index in [4.69, 9.17) is 5.73 Å². The van der Waals surface area contributed by atoms with Crippen molar-refractivity contribution in [1.82, 2.24) is 4.98 Å². The molecule has 94 valence electrons. The molecule has 0 aromatic carbocycles. The molecule has 1 saturated carbocycles. The highest BCUT2D eigenvalue weighted by Crippen LogP contribution is 2.30. The Labute approximate surface area is 115 Å². The van der Waals surface area contributed by atoms with E-state index in [9.17, 15) is 0 Å². The van der Waals surface area contributed by atoms with Gasteiger partial charge in [0.2, 0.25) is 0 Å². The van der Waals surface area contributed by atoms with Crippen LogP contribution in [0.2, 0.25) is 0 Å². The smallest absolute Gasteiger partial charge is 0.140 e. The normalized spacial score (nSPS) is 24.6. The van der Waals surface area contributed by atoms with E-state index in [1.165, 1.54) is 25.7 Å². The van der Waals surface area contributed by atoms with Crippen LogP contribution in [0.4, 0.5) is 11.5 Å². The Bertz CT molecular complexity index is 386. The van der Waals surface area contributed by atoms with Crippen LogP contribution < -0.4 is 11.1 Å². The van der Waals surface area contributed by atoms with Gasteiger partial charge in [-0.2, -0.15) is 11.8 Å². The fourth-order valence-corrected chi connectivity index (χ4v) is 3.55. The number of halogens is 1. The van der Waals surface area contributed by atoms with Gasteiger partial charge in [-0.15, -0.1) is 0 Å². The summed E-state index contributed by atoms with van der Waals surface area (Å²) in [4.78, 5) is 4.33. The molecule has 1 aliphatic rings. The Morgan fingerprint density at radius 1 is 1.53 bits per heavy atom. The first-order chi connectivity index (χ1) is 8.19. The highest BCUT2D eigenvalue weighted by Gasteiger charge is 2.21. The van der Waals surface area contributed by atoms with Crippen molar-refractivity contribution < 1.29 is 0 Å². The van der Waals surface area contributed by atoms with Gasteiger partial charge in [0.1, 0.15) is 5.82 Å². The number of aromatic nitrogens is 1. The third kappa shape index (κ3) is 3.52. The molecule has 0 bridgehead atoms. The van der Waals surface area contributed by atoms with Gasteiger partial charge in [-0.3, -0.25) is 0 Å². The first-order valence-corrected chi connectivity index (χ1v) is 7.97. The van der Waals surface area contributed by atoms with E-state index in [2.05, 4.69) is 32.5 Å². The minimum atomic E-state index is 0.536. The van der Waals surface area contributed by atoms with Gasteiger partial charge in [0.05, 0.1) is 16.4 Å². The number of pyridine rings is 1. The topological polar surface area (TPSA) is 50.9 Å². The van der Waals surface area contributed by atoms with Gasteiger partial charge in [0, 0.05) is 11.3 Å². The van der Waals surface area contributed by atoms with Crippen molar-refractivity contribution in [2.24, 2.45) is 0 Å². The zero-order chi connectivity index (χ0) is 12.3. The number of thioether (sulfide) groups is 1. The van der Waals surface area contributed by atoms with Crippen LogP contribution in [0.5, 0.6) is 0 Å². The summed E-state index contributed by atoms with van der Waals surface area (Å²) in [5.74, 6) is 0.908. The van der Waals surface area contributed by atoms with Crippen LogP contribution in [0.25, 0.3) is 0 Å². The maximum Gasteiger partial charge on any atom is 0.140 e. The second-order valence-electron chi connectivity index (χ2n) is 4.46. The lowest BCUT2D eigenvalue weighted by Crippen LogP contribution is -2.29. The van der Waals surface area contributed by atoms with Crippen molar-refractivity contribution in [2.45, 2.75) is 37.0 Å². The largest absolute Gasteiger partial charge is 0.397 e. The maximum absolute atomic E-state index is 5.68. The molecule has 1 aromatic rings. The molecule has 2 atom stereocenters. The number of nitrogens with zero attached hydrogens (tertiary/aromatic N) is 1. The van der Waals surface area contributed by atoms with E-state index >= 15 is 0 Å². The van der Waals surface area contributed by atoms with E-state index in [-0.39, 0.29) is 0 Å². The highest BCUT2D eigenvalue weighted by atomic mass is 79.9. The van der Waals surface area contributed by atoms with Crippen LogP contribution >= 0.6 is 27.7 Å². The fraction of sp³-hybridized carbons (Fsp3) is 0.583. The van der Waals surface area contributed by atoms with Gasteiger partial charge in [-0.05, 0) is 47.5 Å². The molecule has 1 aliphatic carbocycles. The molecular formula is C12H18BrN3S. The Balaban J connectivity index is 2.00. The summed E-state index contributed by atoms with van der Waals surface area (Å²) in [6, 6.07) is 2.43. The molecule has 3 N–H and O–H groups in total. The number of hydrogen-bond acceptors (Lipinski definition) is 4. The third-order valence-corrected chi connectivity index (χ3v) is 4.86. The molecule has 0 saturated heterocycles. The quantitative estimate of drug-likeness (QED) is 0.896. The van der Waals surface area contributed by atoms with E-state index in [0.717, 1.165) is 15.5 Å². The van der Waals surface area contributed by atoms with Crippen LogP contribution in [0.1, 0.15) is 25.7 Å². The number of nitrogens with one attached hydrogen (secondary N) is 1. The summed E-state index contributed by atoms with van der Waals surface area (Å²) >= 11 is 5.47. The average molecular weight is 316 g/mol. The molecule has 0 radical (unpaired) electrons. The van der Waals surface area contributed by atoms with Crippen LogP contribution in [-0.4, -0.2) is 22.5 Å². The van der Waals surface area contributed by atoms with Gasteiger partial charge in [0.25, 0.3) is 0 Å². The average Bonchev–Trinajstić information content (AvgIpc) is 2.33. The van der Waals surface area contributed by atoms with Crippen molar-refractivity contribution in [1.29, 1.82) is 0 Å². The van der Waals surface area contributed by atoms with Gasteiger partial charge < -0.3 is 11.1 Å². The summed E-state index contributed by atoms with van der Waals surface area (Å²) in [6.45, 7) is 0. The summed E-state index contributed by atoms with van der Waals surface area (Å²) in [5, 5.41) is 4.30. The standard InChI is InChI=1S/C12H18BrN3S/c1-17-10-4-2-3-9(6-10)16-12-11(13)5-8(14)7-15-12/h5,7,9-10H,2-4,6,14H2,1H3,(H,15,16). The molecule has 1 fully saturated rings. The maximum atomic E-state index is 5.68. The Morgan fingerprint density at radius 2 is 2.35 bits per heavy atom. The van der Waals surface area contributed by atoms with Crippen molar-refractivity contribution >= 4 is 39.2 Å². The molecular weight excluding hydrogens is 298 g/mol. The van der Waals surface area contributed by atoms with E-state index in [1.54, 1.807) is 6.20 Å². The monoisotopic (exact) mass is 315 g/mol. The molecule has 17 heavy (non-hydrogen) atoms. The van der Waals surface area contributed by atoms with Crippen LogP contribution in [0, 0.1) is 0 Å². The highest BCUT2D eigenvalue weighted by molar-refractivity contribution is 9.10. The van der Waals surface area contributed by atoms with Crippen molar-refractivity contribution in [2.75, 3.05) is 17.3 Å². The van der Waals surface area contributed by atoms with E-state index in [0.29, 0.717) is 11.7 Å². The van der Waals surface area contributed by atoms with Crippen molar-refractivity contribution in [3.8, 4) is 0 Å². The summed E-state index contributed by atoms with van der Waals surface area (Å²) in [7, 11) is 0. The van der Waals surface area contributed by atoms with Crippen LogP contribution in [-0.2, 0) is 0 Å². The number of hydrogen-bond donors (Lipinski definition) is 2. The first-order valence-electron chi connectivity index (χ1n) is 5.89.